The Morgan fingerprint density at radius 2 is 0.541 bits per heavy atom. The SMILES string of the molecule is CCCCCCCCCCCCCCCCC(CCCCCCCCCCCCCCCC)C(C)(C)Cl. The molecule has 224 valence electrons. The predicted octanol–water partition coefficient (Wildman–Crippen LogP) is 14.4. The number of rotatable bonds is 31. The lowest BCUT2D eigenvalue weighted by Crippen LogP contribution is -2.24. The highest BCUT2D eigenvalue weighted by Crippen LogP contribution is 2.33. The van der Waals surface area contributed by atoms with Crippen molar-refractivity contribution < 1.29 is 0 Å². The standard InChI is InChI=1S/C36H73Cl/c1-5-7-9-11-13-15-17-19-21-23-25-27-29-31-33-35(36(3,4)37)34-32-30-28-26-24-22-20-18-16-14-12-10-8-6-2/h35H,5-34H2,1-4H3. The zero-order chi connectivity index (χ0) is 27.3. The largest absolute Gasteiger partial charge is 0.120 e. The summed E-state index contributed by atoms with van der Waals surface area (Å²) in [6.07, 6.45) is 43.1. The van der Waals surface area contributed by atoms with Crippen molar-refractivity contribution in [1.82, 2.24) is 0 Å². The Kier molecular flexibility index (Phi) is 29.5. The average molecular weight is 541 g/mol. The molecule has 0 atom stereocenters. The van der Waals surface area contributed by atoms with E-state index < -0.39 is 0 Å². The van der Waals surface area contributed by atoms with Crippen molar-refractivity contribution in [3.8, 4) is 0 Å². The van der Waals surface area contributed by atoms with Crippen LogP contribution in [0.3, 0.4) is 0 Å². The Bertz CT molecular complexity index is 377. The van der Waals surface area contributed by atoms with Gasteiger partial charge in [0.05, 0.1) is 0 Å². The molecule has 0 rings (SSSR count). The maximum Gasteiger partial charge on any atom is 0.0418 e. The van der Waals surface area contributed by atoms with Gasteiger partial charge >= 0.3 is 0 Å². The first-order chi connectivity index (χ1) is 18.0. The second-order valence-corrected chi connectivity index (χ2v) is 14.0. The summed E-state index contributed by atoms with van der Waals surface area (Å²) in [6.45, 7) is 9.12. The fraction of sp³-hybridized carbons (Fsp3) is 1.00. The van der Waals surface area contributed by atoms with Gasteiger partial charge < -0.3 is 0 Å². The van der Waals surface area contributed by atoms with E-state index in [2.05, 4.69) is 27.7 Å². The minimum atomic E-state index is -0.0346. The first kappa shape index (κ1) is 37.3. The Balaban J connectivity index is 3.52. The monoisotopic (exact) mass is 541 g/mol. The molecule has 0 nitrogen and oxygen atoms in total. The van der Waals surface area contributed by atoms with Crippen LogP contribution in [0.1, 0.15) is 220 Å². The lowest BCUT2D eigenvalue weighted by atomic mass is 9.85. The molecule has 0 unspecified atom stereocenters. The van der Waals surface area contributed by atoms with E-state index in [0.29, 0.717) is 5.92 Å². The van der Waals surface area contributed by atoms with Gasteiger partial charge in [-0.15, -0.1) is 11.6 Å². The van der Waals surface area contributed by atoms with Crippen LogP contribution in [0.25, 0.3) is 0 Å². The highest BCUT2D eigenvalue weighted by atomic mass is 35.5. The van der Waals surface area contributed by atoms with E-state index in [0.717, 1.165) is 0 Å². The quantitative estimate of drug-likeness (QED) is 0.0605. The molecule has 0 aromatic carbocycles. The van der Waals surface area contributed by atoms with Gasteiger partial charge in [-0.05, 0) is 32.6 Å². The van der Waals surface area contributed by atoms with Crippen LogP contribution < -0.4 is 0 Å². The molecular weight excluding hydrogens is 468 g/mol. The predicted molar refractivity (Wildman–Crippen MR) is 173 cm³/mol. The number of hydrogen-bond acceptors (Lipinski definition) is 0. The highest BCUT2D eigenvalue weighted by molar-refractivity contribution is 6.23. The molecule has 0 saturated heterocycles. The van der Waals surface area contributed by atoms with E-state index in [1.54, 1.807) is 0 Å². The number of hydrogen-bond donors (Lipinski definition) is 0. The van der Waals surface area contributed by atoms with E-state index >= 15 is 0 Å². The molecule has 0 fully saturated rings. The van der Waals surface area contributed by atoms with Crippen molar-refractivity contribution in [3.05, 3.63) is 0 Å². The molecule has 0 N–H and O–H groups in total. The second-order valence-electron chi connectivity index (χ2n) is 13.0. The molecule has 0 aliphatic heterocycles. The van der Waals surface area contributed by atoms with Gasteiger partial charge in [0.15, 0.2) is 0 Å². The zero-order valence-electron chi connectivity index (χ0n) is 26.7. The molecular formula is C36H73Cl. The Morgan fingerprint density at radius 1 is 0.351 bits per heavy atom. The van der Waals surface area contributed by atoms with Crippen LogP contribution in [-0.2, 0) is 0 Å². The van der Waals surface area contributed by atoms with Gasteiger partial charge in [0.2, 0.25) is 0 Å². The third kappa shape index (κ3) is 29.1. The summed E-state index contributed by atoms with van der Waals surface area (Å²) < 4.78 is 0. The van der Waals surface area contributed by atoms with E-state index in [-0.39, 0.29) is 4.87 Å². The molecule has 0 amide bonds. The van der Waals surface area contributed by atoms with Crippen molar-refractivity contribution in [2.24, 2.45) is 5.92 Å². The third-order valence-corrected chi connectivity index (χ3v) is 9.09. The van der Waals surface area contributed by atoms with Crippen LogP contribution in [-0.4, -0.2) is 4.87 Å². The highest BCUT2D eigenvalue weighted by Gasteiger charge is 2.25. The van der Waals surface area contributed by atoms with E-state index in [4.69, 9.17) is 11.6 Å². The molecule has 0 spiro atoms. The Hall–Kier alpha value is 0.290. The van der Waals surface area contributed by atoms with Crippen molar-refractivity contribution in [2.45, 2.75) is 225 Å². The van der Waals surface area contributed by atoms with Crippen molar-refractivity contribution in [2.75, 3.05) is 0 Å². The molecule has 0 aliphatic rings. The molecule has 37 heavy (non-hydrogen) atoms. The van der Waals surface area contributed by atoms with E-state index in [1.165, 1.54) is 193 Å². The molecule has 0 aliphatic carbocycles. The Morgan fingerprint density at radius 3 is 0.730 bits per heavy atom. The first-order valence-electron chi connectivity index (χ1n) is 17.7. The van der Waals surface area contributed by atoms with E-state index in [9.17, 15) is 0 Å². The summed E-state index contributed by atoms with van der Waals surface area (Å²) in [5.74, 6) is 0.698. The van der Waals surface area contributed by atoms with Crippen molar-refractivity contribution in [1.29, 1.82) is 0 Å². The van der Waals surface area contributed by atoms with Gasteiger partial charge in [-0.1, -0.05) is 194 Å². The number of halogens is 1. The van der Waals surface area contributed by atoms with Gasteiger partial charge in [0, 0.05) is 4.87 Å². The summed E-state index contributed by atoms with van der Waals surface area (Å²) in [5, 5.41) is 0. The molecule has 0 aromatic rings. The summed E-state index contributed by atoms with van der Waals surface area (Å²) in [5.41, 5.74) is 0. The normalized spacial score (nSPS) is 12.2. The molecule has 0 heterocycles. The maximum atomic E-state index is 6.82. The fourth-order valence-electron chi connectivity index (χ4n) is 6.00. The summed E-state index contributed by atoms with van der Waals surface area (Å²) in [6, 6.07) is 0. The van der Waals surface area contributed by atoms with Gasteiger partial charge in [0.25, 0.3) is 0 Å². The van der Waals surface area contributed by atoms with Crippen LogP contribution in [0.2, 0.25) is 0 Å². The lowest BCUT2D eigenvalue weighted by molar-refractivity contribution is 0.334. The van der Waals surface area contributed by atoms with Gasteiger partial charge in [0.1, 0.15) is 0 Å². The van der Waals surface area contributed by atoms with Gasteiger partial charge in [-0.3, -0.25) is 0 Å². The smallest absolute Gasteiger partial charge is 0.0418 e. The topological polar surface area (TPSA) is 0 Å². The minimum absolute atomic E-state index is 0.0346. The number of alkyl halides is 1. The molecule has 0 aromatic heterocycles. The van der Waals surface area contributed by atoms with Crippen LogP contribution in [0.15, 0.2) is 0 Å². The molecule has 0 radical (unpaired) electrons. The second kappa shape index (κ2) is 29.3. The summed E-state index contributed by atoms with van der Waals surface area (Å²) >= 11 is 6.82. The number of unbranched alkanes of at least 4 members (excludes halogenated alkanes) is 26. The average Bonchev–Trinajstić information content (AvgIpc) is 2.87. The van der Waals surface area contributed by atoms with Crippen LogP contribution in [0, 0.1) is 5.92 Å². The van der Waals surface area contributed by atoms with Crippen LogP contribution >= 0.6 is 11.6 Å². The molecule has 1 heteroatoms. The van der Waals surface area contributed by atoms with Gasteiger partial charge in [-0.2, -0.15) is 0 Å². The Labute approximate surface area is 242 Å². The molecule has 0 saturated carbocycles. The molecule has 0 bridgehead atoms. The fourth-order valence-corrected chi connectivity index (χ4v) is 6.22. The van der Waals surface area contributed by atoms with Crippen molar-refractivity contribution >= 4 is 11.6 Å². The lowest BCUT2D eigenvalue weighted by Gasteiger charge is -2.28. The van der Waals surface area contributed by atoms with Crippen LogP contribution in [0.4, 0.5) is 0 Å². The summed E-state index contributed by atoms with van der Waals surface area (Å²) in [4.78, 5) is -0.0346. The minimum Gasteiger partial charge on any atom is -0.120 e. The van der Waals surface area contributed by atoms with Crippen molar-refractivity contribution in [3.63, 3.8) is 0 Å². The maximum absolute atomic E-state index is 6.82. The third-order valence-electron chi connectivity index (χ3n) is 8.78. The zero-order valence-corrected chi connectivity index (χ0v) is 27.4. The van der Waals surface area contributed by atoms with Crippen LogP contribution in [0.5, 0.6) is 0 Å². The first-order valence-corrected chi connectivity index (χ1v) is 18.1. The summed E-state index contributed by atoms with van der Waals surface area (Å²) in [7, 11) is 0. The van der Waals surface area contributed by atoms with E-state index in [1.807, 2.05) is 0 Å². The van der Waals surface area contributed by atoms with Gasteiger partial charge in [-0.25, -0.2) is 0 Å².